The standard InChI is InChI=1S/C20H22FN3O4/c1-28-18-5-4-13(9-16(18)21)20(27)24-8-6-17(15(11-24)12-25)23-19(26)14-3-2-7-22-10-14/h2-5,7,9-10,15,17,25H,6,8,11-12H2,1H3,(H,23,26)/t15-,17-/m1/s1. The molecule has 8 heteroatoms. The van der Waals surface area contributed by atoms with Crippen molar-refractivity contribution in [1.82, 2.24) is 15.2 Å². The number of pyridine rings is 1. The molecule has 0 bridgehead atoms. The number of likely N-dealkylation sites (tertiary alicyclic amines) is 1. The zero-order valence-electron chi connectivity index (χ0n) is 15.5. The van der Waals surface area contributed by atoms with Crippen molar-refractivity contribution >= 4 is 11.8 Å². The van der Waals surface area contributed by atoms with Crippen molar-refractivity contribution in [3.05, 3.63) is 59.7 Å². The van der Waals surface area contributed by atoms with Gasteiger partial charge >= 0.3 is 0 Å². The smallest absolute Gasteiger partial charge is 0.253 e. The molecule has 2 N–H and O–H groups in total. The highest BCUT2D eigenvalue weighted by molar-refractivity contribution is 5.95. The molecule has 0 saturated carbocycles. The van der Waals surface area contributed by atoms with Gasteiger partial charge in [0.1, 0.15) is 0 Å². The van der Waals surface area contributed by atoms with Crippen LogP contribution in [0.4, 0.5) is 4.39 Å². The fraction of sp³-hybridized carbons (Fsp3) is 0.350. The number of hydrogen-bond acceptors (Lipinski definition) is 5. The second-order valence-electron chi connectivity index (χ2n) is 6.65. The van der Waals surface area contributed by atoms with Crippen LogP contribution in [-0.2, 0) is 0 Å². The zero-order chi connectivity index (χ0) is 20.1. The second-order valence-corrected chi connectivity index (χ2v) is 6.65. The summed E-state index contributed by atoms with van der Waals surface area (Å²) in [5.74, 6) is -1.45. The van der Waals surface area contributed by atoms with Crippen molar-refractivity contribution in [1.29, 1.82) is 0 Å². The van der Waals surface area contributed by atoms with Gasteiger partial charge in [-0.3, -0.25) is 14.6 Å². The molecule has 1 aromatic heterocycles. The number of ether oxygens (including phenoxy) is 1. The molecule has 1 fully saturated rings. The maximum atomic E-state index is 13.9. The third-order valence-electron chi connectivity index (χ3n) is 4.89. The topological polar surface area (TPSA) is 91.8 Å². The first-order chi connectivity index (χ1) is 13.5. The summed E-state index contributed by atoms with van der Waals surface area (Å²) < 4.78 is 18.8. The number of hydrogen-bond donors (Lipinski definition) is 2. The molecule has 2 atom stereocenters. The first kappa shape index (κ1) is 19.8. The van der Waals surface area contributed by atoms with Crippen molar-refractivity contribution in [3.63, 3.8) is 0 Å². The van der Waals surface area contributed by atoms with Gasteiger partial charge in [-0.15, -0.1) is 0 Å². The monoisotopic (exact) mass is 387 g/mol. The Labute approximate surface area is 162 Å². The summed E-state index contributed by atoms with van der Waals surface area (Å²) in [6.07, 6.45) is 3.54. The van der Waals surface area contributed by atoms with Crippen molar-refractivity contribution in [2.75, 3.05) is 26.8 Å². The molecule has 0 spiro atoms. The number of methoxy groups -OCH3 is 1. The number of aliphatic hydroxyl groups excluding tert-OH is 1. The Morgan fingerprint density at radius 2 is 2.18 bits per heavy atom. The first-order valence-electron chi connectivity index (χ1n) is 8.98. The predicted octanol–water partition coefficient (Wildman–Crippen LogP) is 1.48. The molecule has 2 amide bonds. The normalized spacial score (nSPS) is 19.2. The lowest BCUT2D eigenvalue weighted by molar-refractivity contribution is 0.0533. The van der Waals surface area contributed by atoms with Gasteiger partial charge in [-0.2, -0.15) is 0 Å². The molecule has 7 nitrogen and oxygen atoms in total. The highest BCUT2D eigenvalue weighted by Crippen LogP contribution is 2.22. The van der Waals surface area contributed by atoms with E-state index < -0.39 is 5.82 Å². The van der Waals surface area contributed by atoms with Gasteiger partial charge < -0.3 is 20.1 Å². The van der Waals surface area contributed by atoms with Crippen LogP contribution >= 0.6 is 0 Å². The van der Waals surface area contributed by atoms with Gasteiger partial charge in [-0.05, 0) is 36.8 Å². The minimum absolute atomic E-state index is 0.0709. The molecular weight excluding hydrogens is 365 g/mol. The van der Waals surface area contributed by atoms with Crippen LogP contribution in [-0.4, -0.2) is 59.7 Å². The van der Waals surface area contributed by atoms with Crippen molar-refractivity contribution in [2.45, 2.75) is 12.5 Å². The number of nitrogens with one attached hydrogen (secondary N) is 1. The molecule has 0 radical (unpaired) electrons. The molecule has 0 aliphatic carbocycles. The molecule has 1 aliphatic rings. The third-order valence-corrected chi connectivity index (χ3v) is 4.89. The molecule has 1 aromatic carbocycles. The van der Waals surface area contributed by atoms with Crippen LogP contribution in [0.3, 0.4) is 0 Å². The maximum absolute atomic E-state index is 13.9. The summed E-state index contributed by atoms with van der Waals surface area (Å²) in [6.45, 7) is 0.473. The van der Waals surface area contributed by atoms with Gasteiger partial charge in [-0.1, -0.05) is 0 Å². The van der Waals surface area contributed by atoms with Crippen LogP contribution in [0.1, 0.15) is 27.1 Å². The minimum Gasteiger partial charge on any atom is -0.494 e. The summed E-state index contributed by atoms with van der Waals surface area (Å²) in [7, 11) is 1.36. The van der Waals surface area contributed by atoms with E-state index in [2.05, 4.69) is 10.3 Å². The summed E-state index contributed by atoms with van der Waals surface area (Å²) >= 11 is 0. The average molecular weight is 387 g/mol. The highest BCUT2D eigenvalue weighted by Gasteiger charge is 2.32. The molecule has 2 aromatic rings. The zero-order valence-corrected chi connectivity index (χ0v) is 15.5. The van der Waals surface area contributed by atoms with Gasteiger partial charge in [0.25, 0.3) is 11.8 Å². The summed E-state index contributed by atoms with van der Waals surface area (Å²) in [5.41, 5.74) is 0.652. The molecular formula is C20H22FN3O4. The fourth-order valence-electron chi connectivity index (χ4n) is 3.32. The van der Waals surface area contributed by atoms with Gasteiger partial charge in [0, 0.05) is 49.6 Å². The van der Waals surface area contributed by atoms with Crippen LogP contribution in [0.25, 0.3) is 0 Å². The summed E-state index contributed by atoms with van der Waals surface area (Å²) in [4.78, 5) is 30.5. The molecule has 1 aliphatic heterocycles. The lowest BCUT2D eigenvalue weighted by atomic mass is 9.92. The van der Waals surface area contributed by atoms with Gasteiger partial charge in [0.2, 0.25) is 0 Å². The van der Waals surface area contributed by atoms with Gasteiger partial charge in [0.05, 0.1) is 12.7 Å². The number of aromatic nitrogens is 1. The Hall–Kier alpha value is -3.00. The predicted molar refractivity (Wildman–Crippen MR) is 99.5 cm³/mol. The van der Waals surface area contributed by atoms with E-state index in [0.29, 0.717) is 18.5 Å². The number of carbonyl (C=O) groups is 2. The Kier molecular flexibility index (Phi) is 6.20. The average Bonchev–Trinajstić information content (AvgIpc) is 2.74. The van der Waals surface area contributed by atoms with E-state index in [9.17, 15) is 19.1 Å². The maximum Gasteiger partial charge on any atom is 0.253 e. The number of aliphatic hydroxyl groups is 1. The summed E-state index contributed by atoms with van der Waals surface area (Å²) in [6, 6.07) is 7.13. The van der Waals surface area contributed by atoms with Crippen LogP contribution in [0, 0.1) is 11.7 Å². The Morgan fingerprint density at radius 1 is 1.36 bits per heavy atom. The van der Waals surface area contributed by atoms with E-state index in [0.717, 1.165) is 6.07 Å². The molecule has 3 rings (SSSR count). The Balaban J connectivity index is 1.66. The Bertz CT molecular complexity index is 847. The quantitative estimate of drug-likeness (QED) is 0.811. The van der Waals surface area contributed by atoms with Crippen LogP contribution < -0.4 is 10.1 Å². The second kappa shape index (κ2) is 8.79. The van der Waals surface area contributed by atoms with E-state index in [4.69, 9.17) is 4.74 Å². The molecule has 0 unspecified atom stereocenters. The molecule has 28 heavy (non-hydrogen) atoms. The molecule has 148 valence electrons. The minimum atomic E-state index is -0.606. The van der Waals surface area contributed by atoms with Crippen LogP contribution in [0.2, 0.25) is 0 Å². The van der Waals surface area contributed by atoms with E-state index in [-0.39, 0.29) is 48.2 Å². The van der Waals surface area contributed by atoms with Crippen molar-refractivity contribution in [2.24, 2.45) is 5.92 Å². The lowest BCUT2D eigenvalue weighted by Gasteiger charge is -2.38. The van der Waals surface area contributed by atoms with Crippen molar-refractivity contribution < 1.29 is 23.8 Å². The Morgan fingerprint density at radius 3 is 2.82 bits per heavy atom. The number of benzene rings is 1. The van der Waals surface area contributed by atoms with Gasteiger partial charge in [-0.25, -0.2) is 4.39 Å². The number of halogens is 1. The van der Waals surface area contributed by atoms with E-state index in [1.165, 1.54) is 25.4 Å². The lowest BCUT2D eigenvalue weighted by Crippen LogP contribution is -2.53. The number of piperidine rings is 1. The molecule has 1 saturated heterocycles. The van der Waals surface area contributed by atoms with Crippen LogP contribution in [0.5, 0.6) is 5.75 Å². The van der Waals surface area contributed by atoms with E-state index >= 15 is 0 Å². The molecule has 2 heterocycles. The fourth-order valence-corrected chi connectivity index (χ4v) is 3.32. The first-order valence-corrected chi connectivity index (χ1v) is 8.98. The third kappa shape index (κ3) is 4.28. The SMILES string of the molecule is COc1ccc(C(=O)N2CC[C@@H](NC(=O)c3cccnc3)[C@@H](CO)C2)cc1F. The largest absolute Gasteiger partial charge is 0.494 e. The number of nitrogens with zero attached hydrogens (tertiary/aromatic N) is 2. The number of amides is 2. The number of rotatable bonds is 5. The van der Waals surface area contributed by atoms with E-state index in [1.807, 2.05) is 0 Å². The van der Waals surface area contributed by atoms with Gasteiger partial charge in [0.15, 0.2) is 11.6 Å². The highest BCUT2D eigenvalue weighted by atomic mass is 19.1. The van der Waals surface area contributed by atoms with Crippen LogP contribution in [0.15, 0.2) is 42.7 Å². The van der Waals surface area contributed by atoms with Crippen molar-refractivity contribution in [3.8, 4) is 5.75 Å². The summed E-state index contributed by atoms with van der Waals surface area (Å²) in [5, 5.41) is 12.7. The number of carbonyl (C=O) groups excluding carboxylic acids is 2. The van der Waals surface area contributed by atoms with E-state index in [1.54, 1.807) is 23.2 Å².